The van der Waals surface area contributed by atoms with Gasteiger partial charge in [-0.1, -0.05) is 42.5 Å². The van der Waals surface area contributed by atoms with Gasteiger partial charge in [-0.15, -0.1) is 12.4 Å². The lowest BCUT2D eigenvalue weighted by atomic mass is 10.1. The van der Waals surface area contributed by atoms with Crippen molar-refractivity contribution in [3.63, 3.8) is 0 Å². The molecule has 0 heterocycles. The van der Waals surface area contributed by atoms with E-state index in [4.69, 9.17) is 5.73 Å². The van der Waals surface area contributed by atoms with Crippen LogP contribution in [0.5, 0.6) is 0 Å². The second-order valence-electron chi connectivity index (χ2n) is 5.89. The molecule has 0 aliphatic carbocycles. The summed E-state index contributed by atoms with van der Waals surface area (Å²) in [7, 11) is 0. The first-order chi connectivity index (χ1) is 12.4. The van der Waals surface area contributed by atoms with Crippen LogP contribution in [0.15, 0.2) is 54.6 Å². The van der Waals surface area contributed by atoms with Crippen molar-refractivity contribution in [1.29, 1.82) is 0 Å². The molecule has 0 atom stereocenters. The molecule has 148 valence electrons. The standard InChI is InChI=1S/C19H22F3N3O.ClH/c20-19(21,22)16-8-4-5-9-17(16)24-18(26)14-25(13-11-23)12-10-15-6-2-1-3-7-15;/h1-9H,10-14,23H2,(H,24,26);1H. The molecule has 27 heavy (non-hydrogen) atoms. The highest BCUT2D eigenvalue weighted by molar-refractivity contribution is 5.93. The Bertz CT molecular complexity index is 711. The van der Waals surface area contributed by atoms with Crippen LogP contribution in [0, 0.1) is 0 Å². The number of halogens is 4. The minimum atomic E-state index is -4.52. The molecule has 2 aromatic carbocycles. The molecule has 1 amide bonds. The van der Waals surface area contributed by atoms with Gasteiger partial charge in [-0.3, -0.25) is 9.69 Å². The number of nitrogens with one attached hydrogen (secondary N) is 1. The summed E-state index contributed by atoms with van der Waals surface area (Å²) >= 11 is 0. The maximum Gasteiger partial charge on any atom is 0.418 e. The molecule has 0 aliphatic heterocycles. The zero-order chi connectivity index (χ0) is 19.0. The molecule has 0 fully saturated rings. The molecule has 4 nitrogen and oxygen atoms in total. The molecule has 0 saturated carbocycles. The fourth-order valence-electron chi connectivity index (χ4n) is 2.62. The highest BCUT2D eigenvalue weighted by Crippen LogP contribution is 2.34. The van der Waals surface area contributed by atoms with Gasteiger partial charge in [-0.2, -0.15) is 13.2 Å². The van der Waals surface area contributed by atoms with Crippen LogP contribution in [0.4, 0.5) is 18.9 Å². The van der Waals surface area contributed by atoms with E-state index >= 15 is 0 Å². The van der Waals surface area contributed by atoms with Crippen molar-refractivity contribution in [3.05, 3.63) is 65.7 Å². The Balaban J connectivity index is 0.00000364. The summed E-state index contributed by atoms with van der Waals surface area (Å²) in [5.41, 5.74) is 5.61. The number of hydrogen-bond donors (Lipinski definition) is 2. The number of carbonyl (C=O) groups excluding carboxylic acids is 1. The van der Waals surface area contributed by atoms with E-state index in [9.17, 15) is 18.0 Å². The number of nitrogens with zero attached hydrogens (tertiary/aromatic N) is 1. The average molecular weight is 402 g/mol. The fraction of sp³-hybridized carbons (Fsp3) is 0.316. The maximum absolute atomic E-state index is 13.0. The monoisotopic (exact) mass is 401 g/mol. The van der Waals surface area contributed by atoms with Crippen LogP contribution in [0.1, 0.15) is 11.1 Å². The zero-order valence-corrected chi connectivity index (χ0v) is 15.5. The van der Waals surface area contributed by atoms with Gasteiger partial charge in [0.05, 0.1) is 17.8 Å². The SMILES string of the molecule is Cl.NCCN(CCc1ccccc1)CC(=O)Nc1ccccc1C(F)(F)F. The smallest absolute Gasteiger partial charge is 0.329 e. The van der Waals surface area contributed by atoms with E-state index in [1.807, 2.05) is 35.2 Å². The molecule has 2 rings (SSSR count). The number of rotatable bonds is 8. The number of nitrogens with two attached hydrogens (primary N) is 1. The third-order valence-electron chi connectivity index (χ3n) is 3.88. The predicted molar refractivity (Wildman–Crippen MR) is 103 cm³/mol. The third-order valence-corrected chi connectivity index (χ3v) is 3.88. The lowest BCUT2D eigenvalue weighted by Gasteiger charge is -2.21. The quantitative estimate of drug-likeness (QED) is 0.711. The second-order valence-corrected chi connectivity index (χ2v) is 5.89. The fourth-order valence-corrected chi connectivity index (χ4v) is 2.62. The number of para-hydroxylation sites is 1. The molecule has 0 spiro atoms. The Labute approximate surface area is 163 Å². The van der Waals surface area contributed by atoms with Crippen LogP contribution < -0.4 is 11.1 Å². The van der Waals surface area contributed by atoms with Gasteiger partial charge < -0.3 is 11.1 Å². The number of anilines is 1. The molecule has 8 heteroatoms. The first-order valence-corrected chi connectivity index (χ1v) is 8.32. The van der Waals surface area contributed by atoms with E-state index in [-0.39, 0.29) is 24.6 Å². The van der Waals surface area contributed by atoms with Crippen LogP contribution in [0.2, 0.25) is 0 Å². The molecule has 0 radical (unpaired) electrons. The minimum absolute atomic E-state index is 0. The summed E-state index contributed by atoms with van der Waals surface area (Å²) in [5, 5.41) is 2.36. The summed E-state index contributed by atoms with van der Waals surface area (Å²) in [4.78, 5) is 14.1. The van der Waals surface area contributed by atoms with E-state index in [1.165, 1.54) is 18.2 Å². The minimum Gasteiger partial charge on any atom is -0.329 e. The van der Waals surface area contributed by atoms with Crippen LogP contribution in [0.25, 0.3) is 0 Å². The normalized spacial score (nSPS) is 11.1. The summed E-state index contributed by atoms with van der Waals surface area (Å²) < 4.78 is 39.0. The largest absolute Gasteiger partial charge is 0.418 e. The second kappa shape index (κ2) is 10.9. The van der Waals surface area contributed by atoms with Gasteiger partial charge in [0.2, 0.25) is 5.91 Å². The summed E-state index contributed by atoms with van der Waals surface area (Å²) in [6.07, 6.45) is -3.79. The van der Waals surface area contributed by atoms with Gasteiger partial charge in [0, 0.05) is 19.6 Å². The first kappa shape index (κ1) is 23.0. The van der Waals surface area contributed by atoms with Crippen LogP contribution in [-0.4, -0.2) is 37.0 Å². The van der Waals surface area contributed by atoms with Crippen molar-refractivity contribution >= 4 is 24.0 Å². The summed E-state index contributed by atoms with van der Waals surface area (Å²) in [6, 6.07) is 14.7. The van der Waals surface area contributed by atoms with Crippen LogP contribution in [0.3, 0.4) is 0 Å². The highest BCUT2D eigenvalue weighted by Gasteiger charge is 2.33. The van der Waals surface area contributed by atoms with E-state index in [0.29, 0.717) is 19.6 Å². The molecule has 2 aromatic rings. The Hall–Kier alpha value is -2.09. The van der Waals surface area contributed by atoms with Gasteiger partial charge in [0.25, 0.3) is 0 Å². The lowest BCUT2D eigenvalue weighted by Crippen LogP contribution is -2.38. The Morgan fingerprint density at radius 2 is 1.63 bits per heavy atom. The van der Waals surface area contributed by atoms with Crippen molar-refractivity contribution in [1.82, 2.24) is 4.90 Å². The Morgan fingerprint density at radius 3 is 2.26 bits per heavy atom. The molecule has 0 aliphatic rings. The molecule has 0 aromatic heterocycles. The van der Waals surface area contributed by atoms with Crippen molar-refractivity contribution in [2.24, 2.45) is 5.73 Å². The average Bonchev–Trinajstić information content (AvgIpc) is 2.60. The maximum atomic E-state index is 13.0. The van der Waals surface area contributed by atoms with Crippen molar-refractivity contribution in [3.8, 4) is 0 Å². The van der Waals surface area contributed by atoms with Crippen LogP contribution >= 0.6 is 12.4 Å². The molecule has 0 saturated heterocycles. The Morgan fingerprint density at radius 1 is 1.00 bits per heavy atom. The number of alkyl halides is 3. The van der Waals surface area contributed by atoms with E-state index < -0.39 is 17.6 Å². The number of carbonyl (C=O) groups is 1. The van der Waals surface area contributed by atoms with Gasteiger partial charge in [0.1, 0.15) is 0 Å². The lowest BCUT2D eigenvalue weighted by molar-refractivity contribution is -0.137. The van der Waals surface area contributed by atoms with Crippen molar-refractivity contribution in [2.75, 3.05) is 31.5 Å². The summed E-state index contributed by atoms with van der Waals surface area (Å²) in [5.74, 6) is -0.497. The van der Waals surface area contributed by atoms with Crippen LogP contribution in [-0.2, 0) is 17.4 Å². The van der Waals surface area contributed by atoms with Gasteiger partial charge in [-0.25, -0.2) is 0 Å². The zero-order valence-electron chi connectivity index (χ0n) is 14.7. The van der Waals surface area contributed by atoms with Gasteiger partial charge >= 0.3 is 6.18 Å². The van der Waals surface area contributed by atoms with Gasteiger partial charge in [-0.05, 0) is 24.1 Å². The van der Waals surface area contributed by atoms with E-state index in [0.717, 1.165) is 18.1 Å². The molecular weight excluding hydrogens is 379 g/mol. The molecule has 0 bridgehead atoms. The third kappa shape index (κ3) is 7.58. The van der Waals surface area contributed by atoms with Crippen molar-refractivity contribution < 1.29 is 18.0 Å². The number of amides is 1. The number of benzene rings is 2. The topological polar surface area (TPSA) is 58.4 Å². The van der Waals surface area contributed by atoms with E-state index in [1.54, 1.807) is 0 Å². The molecule has 0 unspecified atom stereocenters. The summed E-state index contributed by atoms with van der Waals surface area (Å²) in [6.45, 7) is 1.42. The number of hydrogen-bond acceptors (Lipinski definition) is 3. The molecule has 3 N–H and O–H groups in total. The predicted octanol–water partition coefficient (Wildman–Crippen LogP) is 3.57. The highest BCUT2D eigenvalue weighted by atomic mass is 35.5. The van der Waals surface area contributed by atoms with Crippen molar-refractivity contribution in [2.45, 2.75) is 12.6 Å². The van der Waals surface area contributed by atoms with E-state index in [2.05, 4.69) is 5.32 Å². The first-order valence-electron chi connectivity index (χ1n) is 8.32. The molecular formula is C19H23ClF3N3O. The van der Waals surface area contributed by atoms with Gasteiger partial charge in [0.15, 0.2) is 0 Å². The Kier molecular flexibility index (Phi) is 9.28.